The van der Waals surface area contributed by atoms with Gasteiger partial charge in [-0.3, -0.25) is 14.6 Å². The Kier molecular flexibility index (Phi) is 6.86. The van der Waals surface area contributed by atoms with Gasteiger partial charge in [-0.2, -0.15) is 0 Å². The van der Waals surface area contributed by atoms with Gasteiger partial charge in [-0.15, -0.1) is 11.3 Å². The molecule has 1 amide bonds. The Bertz CT molecular complexity index is 740. The number of nitrogens with zero attached hydrogens (tertiary/aromatic N) is 2. The minimum atomic E-state index is 0.0438. The zero-order valence-corrected chi connectivity index (χ0v) is 17.8. The first-order chi connectivity index (χ1) is 12.5. The highest BCUT2D eigenvalue weighted by Gasteiger charge is 2.20. The fourth-order valence-corrected chi connectivity index (χ4v) is 4.93. The molecule has 1 aromatic carbocycles. The molecule has 26 heavy (non-hydrogen) atoms. The zero-order chi connectivity index (χ0) is 18.5. The number of halogens is 1. The first-order valence-corrected chi connectivity index (χ1v) is 10.7. The lowest BCUT2D eigenvalue weighted by Gasteiger charge is -2.34. The Morgan fingerprint density at radius 2 is 1.85 bits per heavy atom. The van der Waals surface area contributed by atoms with E-state index in [-0.39, 0.29) is 11.9 Å². The first-order valence-electron chi connectivity index (χ1n) is 9.05. The predicted octanol–water partition coefficient (Wildman–Crippen LogP) is 3.81. The summed E-state index contributed by atoms with van der Waals surface area (Å²) in [4.78, 5) is 18.5. The molecule has 6 heteroatoms. The van der Waals surface area contributed by atoms with Crippen molar-refractivity contribution in [2.45, 2.75) is 26.4 Å². The third-order valence-corrected chi connectivity index (χ3v) is 6.48. The maximum atomic E-state index is 12.4. The summed E-state index contributed by atoms with van der Waals surface area (Å²) in [5.74, 6) is 0.108. The summed E-state index contributed by atoms with van der Waals surface area (Å²) in [6.07, 6.45) is 0. The van der Waals surface area contributed by atoms with Crippen molar-refractivity contribution >= 4 is 33.2 Å². The molecule has 1 fully saturated rings. The highest BCUT2D eigenvalue weighted by molar-refractivity contribution is 9.11. The molecule has 0 radical (unpaired) electrons. The number of amides is 1. The van der Waals surface area contributed by atoms with Crippen LogP contribution in [0.5, 0.6) is 0 Å². The number of hydrogen-bond acceptors (Lipinski definition) is 4. The number of benzene rings is 1. The van der Waals surface area contributed by atoms with Gasteiger partial charge in [0.15, 0.2) is 0 Å². The van der Waals surface area contributed by atoms with Gasteiger partial charge in [-0.05, 0) is 53.0 Å². The summed E-state index contributed by atoms with van der Waals surface area (Å²) < 4.78 is 1.19. The van der Waals surface area contributed by atoms with Gasteiger partial charge < -0.3 is 5.32 Å². The highest BCUT2D eigenvalue weighted by Crippen LogP contribution is 2.23. The van der Waals surface area contributed by atoms with Gasteiger partial charge in [0.05, 0.1) is 16.4 Å². The minimum Gasteiger partial charge on any atom is -0.348 e. The molecular weight excluding hydrogens is 410 g/mol. The number of aryl methyl sites for hydroxylation is 1. The molecule has 0 aliphatic carbocycles. The van der Waals surface area contributed by atoms with Crippen molar-refractivity contribution in [2.24, 2.45) is 0 Å². The molecule has 4 nitrogen and oxygen atoms in total. The van der Waals surface area contributed by atoms with Gasteiger partial charge in [-0.1, -0.05) is 24.3 Å². The molecule has 0 bridgehead atoms. The monoisotopic (exact) mass is 435 g/mol. The summed E-state index contributed by atoms with van der Waals surface area (Å²) >= 11 is 5.32. The standard InChI is InChI=1S/C20H26BrN3OS/c1-15-5-3-4-6-18(15)16(2)22-20(25)14-24-11-9-23(10-12-24)13-17-7-8-19(21)26-17/h3-8,16H,9-14H2,1-2H3,(H,22,25). The first kappa shape index (κ1) is 19.5. The fourth-order valence-electron chi connectivity index (χ4n) is 3.40. The summed E-state index contributed by atoms with van der Waals surface area (Å²) in [6.45, 7) is 9.53. The van der Waals surface area contributed by atoms with Crippen LogP contribution in [0.25, 0.3) is 0 Å². The number of hydrogen-bond donors (Lipinski definition) is 1. The van der Waals surface area contributed by atoms with Gasteiger partial charge in [0.25, 0.3) is 0 Å². The molecule has 1 aliphatic heterocycles. The fraction of sp³-hybridized carbons (Fsp3) is 0.450. The van der Waals surface area contributed by atoms with Gasteiger partial charge in [0.2, 0.25) is 5.91 Å². The van der Waals surface area contributed by atoms with Crippen LogP contribution in [-0.2, 0) is 11.3 Å². The molecule has 3 rings (SSSR count). The Morgan fingerprint density at radius 3 is 2.50 bits per heavy atom. The average molecular weight is 436 g/mol. The van der Waals surface area contributed by atoms with Gasteiger partial charge in [-0.25, -0.2) is 0 Å². The number of thiophene rings is 1. The molecule has 140 valence electrons. The van der Waals surface area contributed by atoms with Crippen LogP contribution in [0.15, 0.2) is 40.2 Å². The molecule has 0 saturated carbocycles. The number of rotatable bonds is 6. The Hall–Kier alpha value is -1.21. The van der Waals surface area contributed by atoms with Crippen molar-refractivity contribution in [3.8, 4) is 0 Å². The van der Waals surface area contributed by atoms with Crippen LogP contribution >= 0.6 is 27.3 Å². The van der Waals surface area contributed by atoms with Gasteiger partial charge >= 0.3 is 0 Å². The molecule has 1 aliphatic rings. The van der Waals surface area contributed by atoms with Crippen molar-refractivity contribution in [1.29, 1.82) is 0 Å². The second-order valence-corrected chi connectivity index (χ2v) is 9.45. The SMILES string of the molecule is Cc1ccccc1C(C)NC(=O)CN1CCN(Cc2ccc(Br)s2)CC1. The lowest BCUT2D eigenvalue weighted by Crippen LogP contribution is -2.49. The van der Waals surface area contributed by atoms with Crippen molar-refractivity contribution in [3.63, 3.8) is 0 Å². The predicted molar refractivity (Wildman–Crippen MR) is 111 cm³/mol. The third kappa shape index (κ3) is 5.39. The number of carbonyl (C=O) groups excluding carboxylic acids is 1. The smallest absolute Gasteiger partial charge is 0.234 e. The van der Waals surface area contributed by atoms with Crippen molar-refractivity contribution in [2.75, 3.05) is 32.7 Å². The summed E-state index contributed by atoms with van der Waals surface area (Å²) in [5, 5.41) is 3.14. The second kappa shape index (κ2) is 9.13. The topological polar surface area (TPSA) is 35.6 Å². The molecule has 1 atom stereocenters. The molecular formula is C20H26BrN3OS. The molecule has 1 aromatic heterocycles. The van der Waals surface area contributed by atoms with E-state index in [0.717, 1.165) is 32.7 Å². The van der Waals surface area contributed by atoms with Crippen LogP contribution < -0.4 is 5.32 Å². The summed E-state index contributed by atoms with van der Waals surface area (Å²) in [5.41, 5.74) is 2.40. The van der Waals surface area contributed by atoms with E-state index in [2.05, 4.69) is 69.2 Å². The lowest BCUT2D eigenvalue weighted by atomic mass is 10.0. The van der Waals surface area contributed by atoms with Crippen molar-refractivity contribution < 1.29 is 4.79 Å². The Balaban J connectivity index is 1.42. The molecule has 2 aromatic rings. The Morgan fingerprint density at radius 1 is 1.15 bits per heavy atom. The van der Waals surface area contributed by atoms with E-state index >= 15 is 0 Å². The maximum Gasteiger partial charge on any atom is 0.234 e. The highest BCUT2D eigenvalue weighted by atomic mass is 79.9. The van der Waals surface area contributed by atoms with Crippen LogP contribution in [-0.4, -0.2) is 48.4 Å². The number of carbonyl (C=O) groups is 1. The van der Waals surface area contributed by atoms with E-state index in [1.165, 1.54) is 19.8 Å². The maximum absolute atomic E-state index is 12.4. The number of nitrogens with one attached hydrogen (secondary N) is 1. The van der Waals surface area contributed by atoms with E-state index in [1.54, 1.807) is 11.3 Å². The molecule has 2 heterocycles. The summed E-state index contributed by atoms with van der Waals surface area (Å²) in [6, 6.07) is 12.6. The van der Waals surface area contributed by atoms with Crippen LogP contribution in [0.4, 0.5) is 0 Å². The van der Waals surface area contributed by atoms with Crippen molar-refractivity contribution in [1.82, 2.24) is 15.1 Å². The van der Waals surface area contributed by atoms with Gasteiger partial charge in [0, 0.05) is 37.6 Å². The van der Waals surface area contributed by atoms with E-state index < -0.39 is 0 Å². The third-order valence-electron chi connectivity index (χ3n) is 4.87. The van der Waals surface area contributed by atoms with E-state index in [0.29, 0.717) is 6.54 Å². The largest absolute Gasteiger partial charge is 0.348 e. The van der Waals surface area contributed by atoms with Crippen LogP contribution in [0.2, 0.25) is 0 Å². The van der Waals surface area contributed by atoms with Crippen molar-refractivity contribution in [3.05, 3.63) is 56.2 Å². The van der Waals surface area contributed by atoms with E-state index in [1.807, 2.05) is 12.1 Å². The molecule has 0 spiro atoms. The zero-order valence-electron chi connectivity index (χ0n) is 15.4. The van der Waals surface area contributed by atoms with E-state index in [9.17, 15) is 4.79 Å². The molecule has 1 saturated heterocycles. The average Bonchev–Trinajstić information content (AvgIpc) is 3.01. The Labute approximate surface area is 168 Å². The van der Waals surface area contributed by atoms with Crippen LogP contribution in [0.3, 0.4) is 0 Å². The summed E-state index contributed by atoms with van der Waals surface area (Å²) in [7, 11) is 0. The second-order valence-electron chi connectivity index (χ2n) is 6.90. The van der Waals surface area contributed by atoms with Crippen LogP contribution in [0, 0.1) is 6.92 Å². The molecule has 1 N–H and O–H groups in total. The minimum absolute atomic E-state index is 0.0438. The van der Waals surface area contributed by atoms with Gasteiger partial charge in [0.1, 0.15) is 0 Å². The molecule has 1 unspecified atom stereocenters. The van der Waals surface area contributed by atoms with E-state index in [4.69, 9.17) is 0 Å². The quantitative estimate of drug-likeness (QED) is 0.748. The number of piperazine rings is 1. The van der Waals surface area contributed by atoms with Crippen LogP contribution in [0.1, 0.15) is 29.0 Å². The normalized spacial score (nSPS) is 17.2. The lowest BCUT2D eigenvalue weighted by molar-refractivity contribution is -0.123.